The predicted octanol–water partition coefficient (Wildman–Crippen LogP) is 6.57. The van der Waals surface area contributed by atoms with Gasteiger partial charge in [0, 0.05) is 50.0 Å². The van der Waals surface area contributed by atoms with Crippen LogP contribution in [0.15, 0.2) is 0 Å². The van der Waals surface area contributed by atoms with Crippen molar-refractivity contribution in [3.8, 4) is 0 Å². The standard InChI is InChI=1S/C14H32N2.C13H29NO2.C7H18N2/c1-12(2)15-10-6-8-14(5)9-7-11-16-13(3)4;1-12(2)6-5-8-15-10-11-16-9-7-14-13(3)4;1-6(2)8-5-9-7(3)4/h12-16H,6-11H2,1-5H3;12-14H,5-11H2,1-4H3;6-9H,5H2,1-4H3. The number of ether oxygens (including phenoxy) is 2. The molecule has 0 saturated carbocycles. The highest BCUT2D eigenvalue weighted by molar-refractivity contribution is 4.60. The molecule has 0 aliphatic carbocycles. The first-order chi connectivity index (χ1) is 19.3. The Kier molecular flexibility index (Phi) is 37.7. The van der Waals surface area contributed by atoms with Crippen LogP contribution in [0.4, 0.5) is 0 Å². The van der Waals surface area contributed by atoms with Crippen molar-refractivity contribution < 1.29 is 9.47 Å². The van der Waals surface area contributed by atoms with Crippen molar-refractivity contribution in [3.05, 3.63) is 0 Å². The van der Waals surface area contributed by atoms with Crippen LogP contribution in [0.1, 0.15) is 129 Å². The molecule has 5 N–H and O–H groups in total. The van der Waals surface area contributed by atoms with Crippen LogP contribution < -0.4 is 26.6 Å². The van der Waals surface area contributed by atoms with E-state index in [9.17, 15) is 0 Å². The maximum absolute atomic E-state index is 5.47. The van der Waals surface area contributed by atoms with Crippen molar-refractivity contribution in [1.82, 2.24) is 26.6 Å². The van der Waals surface area contributed by atoms with Crippen LogP contribution in [0.5, 0.6) is 0 Å². The third-order valence-electron chi connectivity index (χ3n) is 6.11. The molecule has 7 heteroatoms. The molecule has 0 aromatic carbocycles. The van der Waals surface area contributed by atoms with Crippen molar-refractivity contribution in [3.63, 3.8) is 0 Å². The van der Waals surface area contributed by atoms with Gasteiger partial charge in [-0.15, -0.1) is 0 Å². The second-order valence-electron chi connectivity index (χ2n) is 13.4. The van der Waals surface area contributed by atoms with E-state index in [2.05, 4.69) is 117 Å². The molecule has 0 aromatic rings. The highest BCUT2D eigenvalue weighted by atomic mass is 16.5. The average Bonchev–Trinajstić information content (AvgIpc) is 2.85. The van der Waals surface area contributed by atoms with Gasteiger partial charge in [0.05, 0.1) is 19.8 Å². The van der Waals surface area contributed by atoms with Crippen molar-refractivity contribution in [2.24, 2.45) is 11.8 Å². The van der Waals surface area contributed by atoms with E-state index in [1.807, 2.05) is 0 Å². The van der Waals surface area contributed by atoms with Gasteiger partial charge in [-0.1, -0.05) is 62.3 Å². The topological polar surface area (TPSA) is 78.6 Å². The van der Waals surface area contributed by atoms with Crippen LogP contribution in [-0.2, 0) is 9.47 Å². The van der Waals surface area contributed by atoms with Crippen LogP contribution in [-0.4, -0.2) is 82.9 Å². The molecule has 0 unspecified atom stereocenters. The second-order valence-corrected chi connectivity index (χ2v) is 13.4. The van der Waals surface area contributed by atoms with Gasteiger partial charge < -0.3 is 36.1 Å². The normalized spacial score (nSPS) is 11.7. The Morgan fingerprint density at radius 3 is 1.17 bits per heavy atom. The Morgan fingerprint density at radius 1 is 0.390 bits per heavy atom. The highest BCUT2D eigenvalue weighted by Crippen LogP contribution is 2.11. The number of nitrogens with one attached hydrogen (secondary N) is 5. The van der Waals surface area contributed by atoms with Gasteiger partial charge in [0.1, 0.15) is 0 Å². The van der Waals surface area contributed by atoms with Gasteiger partial charge in [0.25, 0.3) is 0 Å². The summed E-state index contributed by atoms with van der Waals surface area (Å²) in [5.41, 5.74) is 0. The summed E-state index contributed by atoms with van der Waals surface area (Å²) in [5.74, 6) is 1.66. The maximum Gasteiger partial charge on any atom is 0.0701 e. The molecule has 0 saturated heterocycles. The SMILES string of the molecule is CC(C)CCCOCCOCCNC(C)C.CC(C)NCNC(C)C.CC(CCCNC(C)C)CCCNC(C)C. The average molecular weight is 590 g/mol. The van der Waals surface area contributed by atoms with Gasteiger partial charge in [0.2, 0.25) is 0 Å². The molecule has 0 spiro atoms. The first kappa shape index (κ1) is 45.2. The van der Waals surface area contributed by atoms with Gasteiger partial charge >= 0.3 is 0 Å². The van der Waals surface area contributed by atoms with E-state index in [1.165, 1.54) is 45.2 Å². The molecule has 0 rings (SSSR count). The Balaban J connectivity index is -0.000000551. The summed E-state index contributed by atoms with van der Waals surface area (Å²) in [7, 11) is 0. The van der Waals surface area contributed by atoms with E-state index >= 15 is 0 Å². The zero-order valence-corrected chi connectivity index (χ0v) is 30.3. The molecule has 0 aliphatic rings. The Bertz CT molecular complexity index is 434. The van der Waals surface area contributed by atoms with Crippen molar-refractivity contribution in [2.45, 2.75) is 159 Å². The minimum atomic E-state index is 0.538. The molecular weight excluding hydrogens is 510 g/mol. The maximum atomic E-state index is 5.47. The number of hydrogen-bond donors (Lipinski definition) is 5. The van der Waals surface area contributed by atoms with Gasteiger partial charge in [-0.25, -0.2) is 0 Å². The summed E-state index contributed by atoms with van der Waals surface area (Å²) in [4.78, 5) is 0. The predicted molar refractivity (Wildman–Crippen MR) is 184 cm³/mol. The van der Waals surface area contributed by atoms with Crippen LogP contribution >= 0.6 is 0 Å². The lowest BCUT2D eigenvalue weighted by Crippen LogP contribution is -2.37. The first-order valence-electron chi connectivity index (χ1n) is 17.1. The molecule has 0 fully saturated rings. The summed E-state index contributed by atoms with van der Waals surface area (Å²) in [6.07, 6.45) is 7.77. The fourth-order valence-electron chi connectivity index (χ4n) is 3.63. The van der Waals surface area contributed by atoms with E-state index in [4.69, 9.17) is 9.47 Å². The summed E-state index contributed by atoms with van der Waals surface area (Å²) in [6.45, 7) is 35.8. The van der Waals surface area contributed by atoms with E-state index in [-0.39, 0.29) is 0 Å². The molecule has 0 atom stereocenters. The van der Waals surface area contributed by atoms with E-state index in [0.717, 1.165) is 51.3 Å². The zero-order valence-electron chi connectivity index (χ0n) is 30.3. The first-order valence-corrected chi connectivity index (χ1v) is 17.1. The van der Waals surface area contributed by atoms with E-state index in [1.54, 1.807) is 0 Å². The molecular formula is C34H79N5O2. The van der Waals surface area contributed by atoms with E-state index in [0.29, 0.717) is 36.8 Å². The van der Waals surface area contributed by atoms with Crippen molar-refractivity contribution >= 4 is 0 Å². The Morgan fingerprint density at radius 2 is 0.780 bits per heavy atom. The summed E-state index contributed by atoms with van der Waals surface area (Å²) in [6, 6.07) is 2.96. The lowest BCUT2D eigenvalue weighted by atomic mass is 10.00. The third-order valence-corrected chi connectivity index (χ3v) is 6.11. The lowest BCUT2D eigenvalue weighted by molar-refractivity contribution is 0.0463. The Hall–Kier alpha value is -0.280. The molecule has 7 nitrogen and oxygen atoms in total. The monoisotopic (exact) mass is 590 g/mol. The fraction of sp³-hybridized carbons (Fsp3) is 1.00. The van der Waals surface area contributed by atoms with Gasteiger partial charge in [-0.3, -0.25) is 0 Å². The molecule has 0 bridgehead atoms. The second kappa shape index (κ2) is 34.2. The molecule has 0 amide bonds. The quantitative estimate of drug-likeness (QED) is 0.0609. The molecule has 0 heterocycles. The highest BCUT2D eigenvalue weighted by Gasteiger charge is 2.02. The molecule has 252 valence electrons. The molecule has 0 aliphatic heterocycles. The Labute approximate surface area is 259 Å². The molecule has 0 radical (unpaired) electrons. The van der Waals surface area contributed by atoms with Gasteiger partial charge in [-0.05, 0) is 91.1 Å². The third kappa shape index (κ3) is 52.8. The molecule has 41 heavy (non-hydrogen) atoms. The number of rotatable bonds is 25. The van der Waals surface area contributed by atoms with Crippen LogP contribution in [0, 0.1) is 11.8 Å². The number of hydrogen-bond acceptors (Lipinski definition) is 7. The molecule has 0 aromatic heterocycles. The van der Waals surface area contributed by atoms with Crippen LogP contribution in [0.3, 0.4) is 0 Å². The largest absolute Gasteiger partial charge is 0.379 e. The lowest BCUT2D eigenvalue weighted by Gasteiger charge is -2.13. The van der Waals surface area contributed by atoms with Crippen molar-refractivity contribution in [2.75, 3.05) is 52.7 Å². The van der Waals surface area contributed by atoms with Gasteiger partial charge in [0.15, 0.2) is 0 Å². The van der Waals surface area contributed by atoms with Crippen LogP contribution in [0.2, 0.25) is 0 Å². The summed E-state index contributed by atoms with van der Waals surface area (Å²) in [5, 5.41) is 16.8. The minimum absolute atomic E-state index is 0.538. The smallest absolute Gasteiger partial charge is 0.0701 e. The minimum Gasteiger partial charge on any atom is -0.379 e. The van der Waals surface area contributed by atoms with E-state index < -0.39 is 0 Å². The van der Waals surface area contributed by atoms with Crippen LogP contribution in [0.25, 0.3) is 0 Å². The van der Waals surface area contributed by atoms with Crippen molar-refractivity contribution in [1.29, 1.82) is 0 Å². The summed E-state index contributed by atoms with van der Waals surface area (Å²) < 4.78 is 10.9. The fourth-order valence-corrected chi connectivity index (χ4v) is 3.63. The summed E-state index contributed by atoms with van der Waals surface area (Å²) >= 11 is 0. The zero-order chi connectivity index (χ0) is 31.9. The van der Waals surface area contributed by atoms with Gasteiger partial charge in [-0.2, -0.15) is 0 Å².